The summed E-state index contributed by atoms with van der Waals surface area (Å²) in [5.74, 6) is 0.398. The van der Waals surface area contributed by atoms with E-state index in [4.69, 9.17) is 0 Å². The lowest BCUT2D eigenvalue weighted by Crippen LogP contribution is -2.30. The summed E-state index contributed by atoms with van der Waals surface area (Å²) in [5, 5.41) is 20.7. The predicted octanol–water partition coefficient (Wildman–Crippen LogP) is 1.42. The number of non-ortho nitro benzene ring substituents is 1. The van der Waals surface area contributed by atoms with Crippen molar-refractivity contribution < 1.29 is 9.72 Å². The second kappa shape index (κ2) is 7.77. The molecule has 27 heavy (non-hydrogen) atoms. The third-order valence-electron chi connectivity index (χ3n) is 4.18. The molecular formula is C17H19N7O3. The number of rotatable bonds is 7. The van der Waals surface area contributed by atoms with E-state index in [1.54, 1.807) is 16.6 Å². The van der Waals surface area contributed by atoms with Gasteiger partial charge in [0.2, 0.25) is 5.91 Å². The molecule has 2 aromatic heterocycles. The van der Waals surface area contributed by atoms with Gasteiger partial charge in [0, 0.05) is 47.9 Å². The summed E-state index contributed by atoms with van der Waals surface area (Å²) in [6.07, 6.45) is 1.64. The van der Waals surface area contributed by atoms with E-state index in [1.165, 1.54) is 18.5 Å². The Bertz CT molecular complexity index is 982. The van der Waals surface area contributed by atoms with Gasteiger partial charge >= 0.3 is 0 Å². The largest absolute Gasteiger partial charge is 0.383 e. The summed E-state index contributed by atoms with van der Waals surface area (Å²) in [6.45, 7) is 4.66. The highest BCUT2D eigenvalue weighted by Crippen LogP contribution is 2.15. The van der Waals surface area contributed by atoms with Crippen molar-refractivity contribution in [1.82, 2.24) is 24.9 Å². The van der Waals surface area contributed by atoms with Gasteiger partial charge in [0.25, 0.3) is 11.5 Å². The highest BCUT2D eigenvalue weighted by molar-refractivity contribution is 5.79. The third kappa shape index (κ3) is 4.17. The van der Waals surface area contributed by atoms with Crippen LogP contribution < -0.4 is 10.6 Å². The maximum Gasteiger partial charge on any atom is 0.269 e. The molecule has 0 aliphatic rings. The van der Waals surface area contributed by atoms with E-state index < -0.39 is 4.92 Å². The number of carbonyl (C=O) groups is 1. The number of nitro benzene ring substituents is 1. The Morgan fingerprint density at radius 2 is 1.96 bits per heavy atom. The van der Waals surface area contributed by atoms with Crippen LogP contribution >= 0.6 is 0 Å². The number of carbonyl (C=O) groups excluding carboxylic acids is 1. The molecule has 3 rings (SSSR count). The van der Waals surface area contributed by atoms with E-state index in [2.05, 4.69) is 25.7 Å². The maximum atomic E-state index is 12.2. The van der Waals surface area contributed by atoms with E-state index in [-0.39, 0.29) is 18.0 Å². The second-order valence-corrected chi connectivity index (χ2v) is 5.99. The molecule has 0 aliphatic carbocycles. The standard InChI is InChI=1S/C17H19N7O3/c1-11-15(12(2)23-17(22-11)20-10-21-23)9-16(25)19-8-7-18-13-3-5-14(6-4-13)24(26)27/h3-6,10,18H,7-9H2,1-2H3,(H,19,25). The lowest BCUT2D eigenvalue weighted by atomic mass is 10.1. The summed E-state index contributed by atoms with van der Waals surface area (Å²) >= 11 is 0. The highest BCUT2D eigenvalue weighted by Gasteiger charge is 2.14. The monoisotopic (exact) mass is 369 g/mol. The van der Waals surface area contributed by atoms with Gasteiger partial charge in [-0.15, -0.1) is 0 Å². The van der Waals surface area contributed by atoms with Gasteiger partial charge in [-0.1, -0.05) is 0 Å². The van der Waals surface area contributed by atoms with E-state index in [0.29, 0.717) is 18.9 Å². The summed E-state index contributed by atoms with van der Waals surface area (Å²) in [7, 11) is 0. The molecule has 0 saturated carbocycles. The van der Waals surface area contributed by atoms with Crippen molar-refractivity contribution in [2.45, 2.75) is 20.3 Å². The summed E-state index contributed by atoms with van der Waals surface area (Å²) < 4.78 is 1.62. The molecule has 0 fully saturated rings. The van der Waals surface area contributed by atoms with Crippen LogP contribution in [-0.4, -0.2) is 43.5 Å². The Morgan fingerprint density at radius 1 is 1.22 bits per heavy atom. The molecule has 2 N–H and O–H groups in total. The normalized spacial score (nSPS) is 10.7. The number of anilines is 1. The van der Waals surface area contributed by atoms with Gasteiger partial charge in [0.15, 0.2) is 0 Å². The van der Waals surface area contributed by atoms with Crippen LogP contribution in [0, 0.1) is 24.0 Å². The van der Waals surface area contributed by atoms with Crippen molar-refractivity contribution in [1.29, 1.82) is 0 Å². The Morgan fingerprint density at radius 3 is 2.67 bits per heavy atom. The van der Waals surface area contributed by atoms with E-state index in [9.17, 15) is 14.9 Å². The Kier molecular flexibility index (Phi) is 5.25. The van der Waals surface area contributed by atoms with Gasteiger partial charge in [0.05, 0.1) is 11.3 Å². The molecule has 0 radical (unpaired) electrons. The molecule has 1 aromatic carbocycles. The van der Waals surface area contributed by atoms with Crippen molar-refractivity contribution in [2.75, 3.05) is 18.4 Å². The fraction of sp³-hybridized carbons (Fsp3) is 0.294. The van der Waals surface area contributed by atoms with Crippen LogP contribution in [0.2, 0.25) is 0 Å². The Labute approximate surface area is 154 Å². The first-order chi connectivity index (χ1) is 13.0. The SMILES string of the molecule is Cc1nc2ncnn2c(C)c1CC(=O)NCCNc1ccc([N+](=O)[O-])cc1. The van der Waals surface area contributed by atoms with Crippen molar-refractivity contribution in [3.63, 3.8) is 0 Å². The Hall–Kier alpha value is -3.56. The second-order valence-electron chi connectivity index (χ2n) is 5.99. The topological polar surface area (TPSA) is 127 Å². The van der Waals surface area contributed by atoms with Gasteiger partial charge in [0.1, 0.15) is 6.33 Å². The highest BCUT2D eigenvalue weighted by atomic mass is 16.6. The van der Waals surface area contributed by atoms with Gasteiger partial charge in [-0.2, -0.15) is 10.1 Å². The lowest BCUT2D eigenvalue weighted by Gasteiger charge is -2.11. The number of hydrogen-bond donors (Lipinski definition) is 2. The van der Waals surface area contributed by atoms with Crippen LogP contribution in [0.15, 0.2) is 30.6 Å². The number of fused-ring (bicyclic) bond motifs is 1. The molecule has 1 amide bonds. The predicted molar refractivity (Wildman–Crippen MR) is 98.6 cm³/mol. The van der Waals surface area contributed by atoms with Crippen molar-refractivity contribution >= 4 is 23.1 Å². The number of hydrogen-bond acceptors (Lipinski definition) is 7. The summed E-state index contributed by atoms with van der Waals surface area (Å²) in [5.41, 5.74) is 3.22. The first-order valence-electron chi connectivity index (χ1n) is 8.36. The average molecular weight is 369 g/mol. The number of amides is 1. The molecule has 140 valence electrons. The molecule has 0 spiro atoms. The first kappa shape index (κ1) is 18.2. The number of nitrogens with zero attached hydrogens (tertiary/aromatic N) is 5. The van der Waals surface area contributed by atoms with Crippen LogP contribution in [-0.2, 0) is 11.2 Å². The first-order valence-corrected chi connectivity index (χ1v) is 8.36. The van der Waals surface area contributed by atoms with Crippen LogP contribution in [0.25, 0.3) is 5.78 Å². The smallest absolute Gasteiger partial charge is 0.269 e. The lowest BCUT2D eigenvalue weighted by molar-refractivity contribution is -0.384. The zero-order valence-electron chi connectivity index (χ0n) is 15.0. The molecule has 0 unspecified atom stereocenters. The fourth-order valence-corrected chi connectivity index (χ4v) is 2.74. The van der Waals surface area contributed by atoms with Crippen molar-refractivity contribution in [2.24, 2.45) is 0 Å². The molecule has 0 atom stereocenters. The number of aromatic nitrogens is 4. The van der Waals surface area contributed by atoms with E-state index in [1.807, 2.05) is 13.8 Å². The molecule has 3 aromatic rings. The number of benzene rings is 1. The quantitative estimate of drug-likeness (QED) is 0.366. The van der Waals surface area contributed by atoms with Crippen LogP contribution in [0.3, 0.4) is 0 Å². The summed E-state index contributed by atoms with van der Waals surface area (Å²) in [6, 6.07) is 6.12. The number of aryl methyl sites for hydroxylation is 2. The maximum absolute atomic E-state index is 12.2. The van der Waals surface area contributed by atoms with Crippen LogP contribution in [0.4, 0.5) is 11.4 Å². The fourth-order valence-electron chi connectivity index (χ4n) is 2.74. The van der Waals surface area contributed by atoms with Gasteiger partial charge < -0.3 is 10.6 Å². The molecule has 0 saturated heterocycles. The van der Waals surface area contributed by atoms with Crippen LogP contribution in [0.5, 0.6) is 0 Å². The Balaban J connectivity index is 1.51. The van der Waals surface area contributed by atoms with Gasteiger partial charge in [-0.25, -0.2) is 9.50 Å². The summed E-state index contributed by atoms with van der Waals surface area (Å²) in [4.78, 5) is 30.8. The minimum atomic E-state index is -0.445. The van der Waals surface area contributed by atoms with E-state index in [0.717, 1.165) is 22.6 Å². The third-order valence-corrected chi connectivity index (χ3v) is 4.18. The zero-order chi connectivity index (χ0) is 19.4. The molecule has 2 heterocycles. The number of nitro groups is 1. The number of nitrogens with one attached hydrogen (secondary N) is 2. The minimum Gasteiger partial charge on any atom is -0.383 e. The van der Waals surface area contributed by atoms with Gasteiger partial charge in [-0.05, 0) is 26.0 Å². The molecule has 0 bridgehead atoms. The zero-order valence-corrected chi connectivity index (χ0v) is 15.0. The van der Waals surface area contributed by atoms with Crippen LogP contribution in [0.1, 0.15) is 17.0 Å². The van der Waals surface area contributed by atoms with Crippen molar-refractivity contribution in [3.05, 3.63) is 57.7 Å². The van der Waals surface area contributed by atoms with E-state index >= 15 is 0 Å². The molecule has 0 aliphatic heterocycles. The average Bonchev–Trinajstić information content (AvgIpc) is 3.11. The molecular weight excluding hydrogens is 350 g/mol. The molecule has 10 heteroatoms. The minimum absolute atomic E-state index is 0.0394. The van der Waals surface area contributed by atoms with Crippen molar-refractivity contribution in [3.8, 4) is 0 Å². The van der Waals surface area contributed by atoms with Gasteiger partial charge in [-0.3, -0.25) is 14.9 Å². The molecule has 10 nitrogen and oxygen atoms in total.